The number of aliphatic carboxylic acids is 2. The molecule has 0 aliphatic rings. The van der Waals surface area contributed by atoms with Gasteiger partial charge in [0.15, 0.2) is 0 Å². The first-order valence-corrected chi connectivity index (χ1v) is 10.7. The minimum Gasteiger partial charge on any atom is -0.481 e. The maximum absolute atomic E-state index is 12.6. The van der Waals surface area contributed by atoms with E-state index in [-0.39, 0.29) is 19.3 Å². The van der Waals surface area contributed by atoms with Crippen molar-refractivity contribution in [1.82, 2.24) is 10.6 Å². The van der Waals surface area contributed by atoms with Crippen LogP contribution in [0.25, 0.3) is 0 Å². The summed E-state index contributed by atoms with van der Waals surface area (Å²) in [5, 5.41) is 26.7. The van der Waals surface area contributed by atoms with E-state index in [1.807, 2.05) is 0 Å². The van der Waals surface area contributed by atoms with Crippen LogP contribution in [0.4, 0.5) is 0 Å². The molecule has 0 spiro atoms. The number of nitrogens with one attached hydrogen (secondary N) is 2. The van der Waals surface area contributed by atoms with E-state index >= 15 is 0 Å². The van der Waals surface area contributed by atoms with Crippen molar-refractivity contribution in [3.63, 3.8) is 0 Å². The highest BCUT2D eigenvalue weighted by Gasteiger charge is 2.28. The van der Waals surface area contributed by atoms with Gasteiger partial charge in [0.1, 0.15) is 12.1 Å². The van der Waals surface area contributed by atoms with Crippen LogP contribution in [0.2, 0.25) is 0 Å². The van der Waals surface area contributed by atoms with Crippen LogP contribution >= 0.6 is 0 Å². The topological polar surface area (TPSA) is 171 Å². The lowest BCUT2D eigenvalue weighted by Crippen LogP contribution is -2.52. The molecule has 2 amide bonds. The van der Waals surface area contributed by atoms with Crippen molar-refractivity contribution in [2.24, 2.45) is 10.9 Å². The summed E-state index contributed by atoms with van der Waals surface area (Å²) in [4.78, 5) is 47.7. The summed E-state index contributed by atoms with van der Waals surface area (Å²) in [5.74, 6) is 6.76. The van der Waals surface area contributed by atoms with Crippen LogP contribution in [-0.4, -0.2) is 52.3 Å². The van der Waals surface area contributed by atoms with Gasteiger partial charge in [0.05, 0.1) is 12.6 Å². The fraction of sp³-hybridized carbons (Fsp3) is 0.240. The second-order valence-corrected chi connectivity index (χ2v) is 7.51. The third-order valence-corrected chi connectivity index (χ3v) is 4.77. The van der Waals surface area contributed by atoms with E-state index in [2.05, 4.69) is 27.6 Å². The van der Waals surface area contributed by atoms with Gasteiger partial charge in [0.2, 0.25) is 11.8 Å². The molecule has 0 fully saturated rings. The fourth-order valence-electron chi connectivity index (χ4n) is 3.05. The zero-order chi connectivity index (χ0) is 25.6. The number of hydrazone groups is 1. The number of carboxylic acid groups (broad SMARTS) is 2. The number of nitrogens with two attached hydrogens (primary N) is 1. The van der Waals surface area contributed by atoms with Crippen LogP contribution < -0.4 is 16.5 Å². The predicted molar refractivity (Wildman–Crippen MR) is 128 cm³/mol. The Labute approximate surface area is 202 Å². The maximum atomic E-state index is 12.6. The third-order valence-electron chi connectivity index (χ3n) is 4.77. The molecule has 6 N–H and O–H groups in total. The van der Waals surface area contributed by atoms with Crippen molar-refractivity contribution >= 4 is 30.0 Å². The Balaban J connectivity index is 1.94. The van der Waals surface area contributed by atoms with Gasteiger partial charge in [0.25, 0.3) is 0 Å². The molecule has 2 aromatic carbocycles. The van der Waals surface area contributed by atoms with Gasteiger partial charge in [-0.25, -0.2) is 4.79 Å². The lowest BCUT2D eigenvalue weighted by atomic mass is 10.1. The molecule has 2 rings (SSSR count). The summed E-state index contributed by atoms with van der Waals surface area (Å²) in [5.41, 5.74) is 2.22. The Bertz CT molecular complexity index is 1120. The molecule has 0 bridgehead atoms. The van der Waals surface area contributed by atoms with Crippen LogP contribution in [0.15, 0.2) is 59.7 Å². The Morgan fingerprint density at radius 2 is 1.66 bits per heavy atom. The normalized spacial score (nSPS) is 12.1. The molecule has 10 heteroatoms. The highest BCUT2D eigenvalue weighted by atomic mass is 16.4. The first-order valence-electron chi connectivity index (χ1n) is 10.7. The summed E-state index contributed by atoms with van der Waals surface area (Å²) in [6.45, 7) is 0. The summed E-state index contributed by atoms with van der Waals surface area (Å²) in [7, 11) is 0. The van der Waals surface area contributed by atoms with E-state index < -0.39 is 42.3 Å². The first kappa shape index (κ1) is 26.6. The van der Waals surface area contributed by atoms with E-state index in [4.69, 9.17) is 10.9 Å². The van der Waals surface area contributed by atoms with Gasteiger partial charge in [-0.05, 0) is 23.3 Å². The summed E-state index contributed by atoms with van der Waals surface area (Å²) in [6.07, 6.45) is 0.905. The molecular weight excluding hydrogens is 452 g/mol. The average molecular weight is 479 g/mol. The predicted octanol–water partition coefficient (Wildman–Crippen LogP) is 0.883. The molecule has 2 atom stereocenters. The Morgan fingerprint density at radius 1 is 0.971 bits per heavy atom. The van der Waals surface area contributed by atoms with Gasteiger partial charge in [0, 0.05) is 24.8 Å². The molecule has 0 unspecified atom stereocenters. The van der Waals surface area contributed by atoms with Crippen LogP contribution in [-0.2, 0) is 25.6 Å². The number of amides is 2. The van der Waals surface area contributed by atoms with Gasteiger partial charge in [-0.3, -0.25) is 14.4 Å². The monoisotopic (exact) mass is 478 g/mol. The second kappa shape index (κ2) is 13.8. The second-order valence-electron chi connectivity index (χ2n) is 7.51. The number of carbonyl (C=O) groups is 4. The molecule has 0 heterocycles. The van der Waals surface area contributed by atoms with Crippen LogP contribution in [0, 0.1) is 11.8 Å². The molecule has 2 aromatic rings. The van der Waals surface area contributed by atoms with Gasteiger partial charge < -0.3 is 26.7 Å². The van der Waals surface area contributed by atoms with Gasteiger partial charge in [-0.1, -0.05) is 54.3 Å². The van der Waals surface area contributed by atoms with E-state index in [9.17, 15) is 24.3 Å². The molecule has 0 saturated carbocycles. The van der Waals surface area contributed by atoms with Crippen molar-refractivity contribution in [1.29, 1.82) is 0 Å². The van der Waals surface area contributed by atoms with Gasteiger partial charge >= 0.3 is 11.9 Å². The molecule has 0 aromatic heterocycles. The van der Waals surface area contributed by atoms with Crippen molar-refractivity contribution in [2.75, 3.05) is 0 Å². The zero-order valence-electron chi connectivity index (χ0n) is 18.8. The number of hydrogen-bond acceptors (Lipinski definition) is 6. The van der Waals surface area contributed by atoms with E-state index in [0.717, 1.165) is 11.1 Å². The lowest BCUT2D eigenvalue weighted by molar-refractivity contribution is -0.143. The highest BCUT2D eigenvalue weighted by Crippen LogP contribution is 2.05. The Hall–Kier alpha value is -4.65. The largest absolute Gasteiger partial charge is 0.481 e. The van der Waals surface area contributed by atoms with Crippen molar-refractivity contribution < 1.29 is 29.4 Å². The minimum absolute atomic E-state index is 0.00520. The molecule has 0 aliphatic heterocycles. The number of rotatable bonds is 11. The van der Waals surface area contributed by atoms with E-state index in [1.165, 1.54) is 6.21 Å². The highest BCUT2D eigenvalue weighted by molar-refractivity contribution is 5.93. The number of nitrogens with zero attached hydrogens (tertiary/aromatic N) is 1. The van der Waals surface area contributed by atoms with Crippen molar-refractivity contribution in [3.05, 3.63) is 71.3 Å². The summed E-state index contributed by atoms with van der Waals surface area (Å²) >= 11 is 0. The van der Waals surface area contributed by atoms with Gasteiger partial charge in [-0.15, -0.1) is 0 Å². The zero-order valence-corrected chi connectivity index (χ0v) is 18.8. The summed E-state index contributed by atoms with van der Waals surface area (Å²) < 4.78 is 0. The molecule has 10 nitrogen and oxygen atoms in total. The molecule has 0 radical (unpaired) electrons. The smallest absolute Gasteiger partial charge is 0.326 e. The first-order chi connectivity index (χ1) is 16.8. The number of hydrogen-bond donors (Lipinski definition) is 5. The third kappa shape index (κ3) is 9.79. The SMILES string of the molecule is NN=Cc1ccc(C#CCCC(=O)N[C@@H](CC(=O)O)C(=O)N[C@@H](Cc2ccccc2)C(=O)O)cc1. The number of benzene rings is 2. The molecule has 35 heavy (non-hydrogen) atoms. The molecule has 0 aliphatic carbocycles. The maximum Gasteiger partial charge on any atom is 0.326 e. The van der Waals surface area contributed by atoms with E-state index in [1.54, 1.807) is 54.6 Å². The lowest BCUT2D eigenvalue weighted by Gasteiger charge is -2.20. The molecule has 0 saturated heterocycles. The number of carbonyl (C=O) groups excluding carboxylic acids is 2. The number of carboxylic acids is 2. The Morgan fingerprint density at radius 3 is 2.26 bits per heavy atom. The fourth-order valence-corrected chi connectivity index (χ4v) is 3.05. The van der Waals surface area contributed by atoms with E-state index in [0.29, 0.717) is 5.56 Å². The van der Waals surface area contributed by atoms with Crippen LogP contribution in [0.5, 0.6) is 0 Å². The van der Waals surface area contributed by atoms with Crippen LogP contribution in [0.1, 0.15) is 36.0 Å². The molecule has 182 valence electrons. The van der Waals surface area contributed by atoms with Crippen molar-refractivity contribution in [2.45, 2.75) is 37.8 Å². The standard InChI is InChI=1S/C25H26N4O6/c26-27-16-19-12-10-17(11-13-19)6-4-5-9-22(30)28-20(15-23(31)32)24(33)29-21(25(34)35)14-18-7-2-1-3-8-18/h1-3,7-8,10-13,16,20-21H,5,9,14-15,26H2,(H,28,30)(H,29,33)(H,31,32)(H,34,35)/t20-,21-/m0/s1. The van der Waals surface area contributed by atoms with Crippen molar-refractivity contribution in [3.8, 4) is 11.8 Å². The molecular formula is C25H26N4O6. The van der Waals surface area contributed by atoms with Gasteiger partial charge in [-0.2, -0.15) is 5.10 Å². The Kier molecular flexibility index (Phi) is 10.5. The quantitative estimate of drug-likeness (QED) is 0.138. The summed E-state index contributed by atoms with van der Waals surface area (Å²) in [6, 6.07) is 13.1. The minimum atomic E-state index is -1.43. The van der Waals surface area contributed by atoms with Crippen LogP contribution in [0.3, 0.4) is 0 Å². The average Bonchev–Trinajstić information content (AvgIpc) is 2.82.